The summed E-state index contributed by atoms with van der Waals surface area (Å²) < 4.78 is 46.7. The number of alkyl halides is 3. The molecule has 4 aromatic rings. The van der Waals surface area contributed by atoms with E-state index in [-0.39, 0.29) is 41.6 Å². The molecule has 0 saturated carbocycles. The second-order valence-corrected chi connectivity index (χ2v) is 13.2. The molecule has 1 unspecified atom stereocenters. The van der Waals surface area contributed by atoms with Gasteiger partial charge in [-0.3, -0.25) is 9.69 Å². The fourth-order valence-corrected chi connectivity index (χ4v) is 7.68. The lowest BCUT2D eigenvalue weighted by Gasteiger charge is -2.36. The van der Waals surface area contributed by atoms with Crippen LogP contribution in [0, 0.1) is 0 Å². The molecule has 47 heavy (non-hydrogen) atoms. The fraction of sp³-hybridized carbons (Fsp3) is 0.306. The Kier molecular flexibility index (Phi) is 8.54. The third kappa shape index (κ3) is 6.39. The molecule has 0 radical (unpaired) electrons. The quantitative estimate of drug-likeness (QED) is 0.210. The van der Waals surface area contributed by atoms with Crippen LogP contribution in [0.5, 0.6) is 17.2 Å². The molecule has 0 aromatic heterocycles. The van der Waals surface area contributed by atoms with E-state index in [0.717, 1.165) is 53.2 Å². The molecule has 2 N–H and O–H groups in total. The summed E-state index contributed by atoms with van der Waals surface area (Å²) in [6, 6.07) is 22.6. The third-order valence-electron chi connectivity index (χ3n) is 9.09. The van der Waals surface area contributed by atoms with E-state index in [9.17, 15) is 28.2 Å². The van der Waals surface area contributed by atoms with Crippen LogP contribution in [0.3, 0.4) is 0 Å². The van der Waals surface area contributed by atoms with E-state index in [1.54, 1.807) is 6.07 Å². The zero-order chi connectivity index (χ0) is 32.7. The molecule has 0 aliphatic carbocycles. The van der Waals surface area contributed by atoms with E-state index < -0.39 is 17.8 Å². The van der Waals surface area contributed by atoms with Crippen LogP contribution in [0.15, 0.2) is 88.7 Å². The lowest BCUT2D eigenvalue weighted by atomic mass is 9.93. The second kappa shape index (κ2) is 12.8. The standard InChI is InChI=1S/C36H34F3N3O4S/c37-36(38,39)24-11-12-33-27(19-24)42(26-9-4-5-10-32(26)47-33)14-6-13-40-15-17-41(18-16-40)22-25-28(43)20-31-34(35(25)45)29(44)21-30(46-31)23-7-2-1-3-8-23/h1-5,7-12,19-20,30,43,45H,6,13-18,21-22H2. The van der Waals surface area contributed by atoms with Crippen molar-refractivity contribution in [2.75, 3.05) is 44.2 Å². The summed E-state index contributed by atoms with van der Waals surface area (Å²) in [6.45, 7) is 4.54. The summed E-state index contributed by atoms with van der Waals surface area (Å²) in [5, 5.41) is 22.0. The van der Waals surface area contributed by atoms with Crippen molar-refractivity contribution in [3.05, 3.63) is 101 Å². The van der Waals surface area contributed by atoms with Crippen molar-refractivity contribution in [1.29, 1.82) is 0 Å². The number of nitrogens with zero attached hydrogens (tertiary/aromatic N) is 3. The van der Waals surface area contributed by atoms with Crippen molar-refractivity contribution in [3.63, 3.8) is 0 Å². The normalized spacial score (nSPS) is 18.3. The number of phenols is 2. The van der Waals surface area contributed by atoms with Gasteiger partial charge in [0.15, 0.2) is 5.78 Å². The van der Waals surface area contributed by atoms with Gasteiger partial charge < -0.3 is 24.7 Å². The largest absolute Gasteiger partial charge is 0.507 e. The van der Waals surface area contributed by atoms with Gasteiger partial charge in [0.1, 0.15) is 28.9 Å². The van der Waals surface area contributed by atoms with Gasteiger partial charge in [-0.1, -0.05) is 54.2 Å². The number of piperazine rings is 1. The van der Waals surface area contributed by atoms with Gasteiger partial charge in [0.25, 0.3) is 0 Å². The molecule has 0 amide bonds. The van der Waals surface area contributed by atoms with E-state index in [4.69, 9.17) is 4.74 Å². The lowest BCUT2D eigenvalue weighted by molar-refractivity contribution is -0.137. The Morgan fingerprint density at radius 3 is 2.30 bits per heavy atom. The molecule has 244 valence electrons. The average molecular weight is 662 g/mol. The maximum atomic E-state index is 13.6. The van der Waals surface area contributed by atoms with Crippen LogP contribution >= 0.6 is 11.8 Å². The van der Waals surface area contributed by atoms with E-state index in [1.807, 2.05) is 59.5 Å². The number of benzene rings is 4. The molecule has 1 saturated heterocycles. The Hall–Kier alpha value is -4.19. The summed E-state index contributed by atoms with van der Waals surface area (Å²) >= 11 is 1.49. The van der Waals surface area contributed by atoms with Crippen molar-refractivity contribution in [1.82, 2.24) is 9.80 Å². The predicted molar refractivity (Wildman–Crippen MR) is 174 cm³/mol. The number of halogens is 3. The Morgan fingerprint density at radius 2 is 1.53 bits per heavy atom. The molecule has 1 fully saturated rings. The number of aromatic hydroxyl groups is 2. The summed E-state index contributed by atoms with van der Waals surface area (Å²) in [7, 11) is 0. The summed E-state index contributed by atoms with van der Waals surface area (Å²) in [6.07, 6.45) is -4.04. The summed E-state index contributed by atoms with van der Waals surface area (Å²) in [5.74, 6) is -0.381. The number of carbonyl (C=O) groups is 1. The van der Waals surface area contributed by atoms with Crippen LogP contribution in [0.2, 0.25) is 0 Å². The van der Waals surface area contributed by atoms with E-state index in [1.165, 1.54) is 23.9 Å². The fourth-order valence-electron chi connectivity index (χ4n) is 6.60. The van der Waals surface area contributed by atoms with Crippen LogP contribution in [0.1, 0.15) is 46.0 Å². The molecule has 3 heterocycles. The molecule has 7 rings (SSSR count). The van der Waals surface area contributed by atoms with Crippen molar-refractivity contribution in [2.45, 2.75) is 41.5 Å². The van der Waals surface area contributed by atoms with Crippen molar-refractivity contribution in [2.24, 2.45) is 0 Å². The molecule has 4 aromatic carbocycles. The number of ether oxygens (including phenoxy) is 1. The van der Waals surface area contributed by atoms with Gasteiger partial charge in [-0.15, -0.1) is 0 Å². The van der Waals surface area contributed by atoms with Crippen molar-refractivity contribution >= 4 is 28.9 Å². The Balaban J connectivity index is 0.973. The first kappa shape index (κ1) is 31.4. The number of phenolic OH excluding ortho intramolecular Hbond substituents is 2. The minimum atomic E-state index is -4.41. The van der Waals surface area contributed by atoms with Crippen molar-refractivity contribution < 1.29 is 32.9 Å². The van der Waals surface area contributed by atoms with E-state index in [2.05, 4.69) is 9.80 Å². The Labute approximate surface area is 275 Å². The SMILES string of the molecule is O=C1CC(c2ccccc2)Oc2cc(O)c(CN3CCN(CCCN4c5ccccc5Sc5ccc(C(F)(F)F)cc54)CC3)c(O)c21. The topological polar surface area (TPSA) is 76.5 Å². The minimum absolute atomic E-state index is 0.102. The molecule has 3 aliphatic heterocycles. The van der Waals surface area contributed by atoms with E-state index in [0.29, 0.717) is 30.9 Å². The number of hydrogen-bond acceptors (Lipinski definition) is 8. The van der Waals surface area contributed by atoms with Gasteiger partial charge in [-0.25, -0.2) is 0 Å². The molecule has 3 aliphatic rings. The number of ketones is 1. The molecular formula is C36H34F3N3O4S. The molecule has 0 bridgehead atoms. The highest BCUT2D eigenvalue weighted by molar-refractivity contribution is 7.99. The summed E-state index contributed by atoms with van der Waals surface area (Å²) in [4.78, 5) is 21.4. The van der Waals surface area contributed by atoms with Gasteiger partial charge in [0.2, 0.25) is 0 Å². The smallest absolute Gasteiger partial charge is 0.416 e. The Bertz CT molecular complexity index is 1790. The lowest BCUT2D eigenvalue weighted by Crippen LogP contribution is -2.46. The predicted octanol–water partition coefficient (Wildman–Crippen LogP) is 7.63. The van der Waals surface area contributed by atoms with E-state index >= 15 is 0 Å². The molecule has 1 atom stereocenters. The highest BCUT2D eigenvalue weighted by atomic mass is 32.2. The maximum absolute atomic E-state index is 13.6. The first-order valence-corrected chi connectivity index (χ1v) is 16.5. The zero-order valence-electron chi connectivity index (χ0n) is 25.5. The summed E-state index contributed by atoms with van der Waals surface area (Å²) in [5.41, 5.74) is 2.13. The first-order valence-electron chi connectivity index (χ1n) is 15.7. The number of para-hydroxylation sites is 1. The van der Waals surface area contributed by atoms with Crippen molar-refractivity contribution in [3.8, 4) is 17.2 Å². The van der Waals surface area contributed by atoms with Crippen LogP contribution in [-0.2, 0) is 12.7 Å². The minimum Gasteiger partial charge on any atom is -0.507 e. The zero-order valence-corrected chi connectivity index (χ0v) is 26.4. The van der Waals surface area contributed by atoms with Gasteiger partial charge in [0, 0.05) is 55.1 Å². The molecule has 11 heteroatoms. The van der Waals surface area contributed by atoms with Gasteiger partial charge in [-0.05, 0) is 48.9 Å². The first-order chi connectivity index (χ1) is 22.7. The molecule has 7 nitrogen and oxygen atoms in total. The monoisotopic (exact) mass is 661 g/mol. The van der Waals surface area contributed by atoms with Gasteiger partial charge in [-0.2, -0.15) is 13.2 Å². The number of Topliss-reactive ketones (excluding diaryl/α,β-unsaturated/α-hetero) is 1. The third-order valence-corrected chi connectivity index (χ3v) is 10.2. The highest BCUT2D eigenvalue weighted by Gasteiger charge is 2.35. The molecule has 0 spiro atoms. The number of carbonyl (C=O) groups excluding carboxylic acids is 1. The maximum Gasteiger partial charge on any atom is 0.416 e. The van der Waals surface area contributed by atoms with Crippen LogP contribution in [0.4, 0.5) is 24.5 Å². The van der Waals surface area contributed by atoms with Crippen LogP contribution in [-0.4, -0.2) is 65.1 Å². The average Bonchev–Trinajstić information content (AvgIpc) is 3.06. The highest BCUT2D eigenvalue weighted by Crippen LogP contribution is 2.50. The number of hydrogen-bond donors (Lipinski definition) is 2. The second-order valence-electron chi connectivity index (χ2n) is 12.1. The number of rotatable bonds is 7. The van der Waals surface area contributed by atoms with Gasteiger partial charge in [0.05, 0.1) is 28.9 Å². The Morgan fingerprint density at radius 1 is 0.830 bits per heavy atom. The van der Waals surface area contributed by atoms with Gasteiger partial charge >= 0.3 is 6.18 Å². The number of anilines is 2. The van der Waals surface area contributed by atoms with Crippen LogP contribution < -0.4 is 9.64 Å². The van der Waals surface area contributed by atoms with Crippen LogP contribution in [0.25, 0.3) is 0 Å². The molecular weight excluding hydrogens is 627 g/mol. The number of fused-ring (bicyclic) bond motifs is 3.